The Kier molecular flexibility index (Phi) is 5.62. The monoisotopic (exact) mass is 439 g/mol. The van der Waals surface area contributed by atoms with E-state index in [0.717, 1.165) is 11.1 Å². The predicted octanol–water partition coefficient (Wildman–Crippen LogP) is 3.19. The third kappa shape index (κ3) is 4.23. The van der Waals surface area contributed by atoms with Crippen molar-refractivity contribution in [2.75, 3.05) is 24.3 Å². The first kappa shape index (κ1) is 20.8. The predicted molar refractivity (Wildman–Crippen MR) is 122 cm³/mol. The minimum absolute atomic E-state index is 0.0377. The maximum atomic E-state index is 13.1. The summed E-state index contributed by atoms with van der Waals surface area (Å²) in [6, 6.07) is 7.15. The number of aryl methyl sites for hydroxylation is 1. The van der Waals surface area contributed by atoms with E-state index < -0.39 is 0 Å². The molecule has 2 heterocycles. The fourth-order valence-electron chi connectivity index (χ4n) is 3.29. The van der Waals surface area contributed by atoms with E-state index >= 15 is 0 Å². The standard InChI is InChI=1S/C21H22ClN7O2/c1-11(23)8-24-17-5-4-14(19-15(17)9-25-21(27-19)31-3)20(30)26-13-6-12-10-29(2)28-18(12)16(22)7-13/h4-7,9-11,24H,8,23H2,1-3H3,(H,26,30)/t11-/m0/s1. The normalized spacial score (nSPS) is 12.2. The van der Waals surface area contributed by atoms with E-state index in [4.69, 9.17) is 22.1 Å². The van der Waals surface area contributed by atoms with Crippen LogP contribution in [0.3, 0.4) is 0 Å². The van der Waals surface area contributed by atoms with E-state index in [1.807, 2.05) is 32.3 Å². The summed E-state index contributed by atoms with van der Waals surface area (Å²) in [5.41, 5.74) is 8.72. The molecule has 0 unspecified atom stereocenters. The second-order valence-corrected chi connectivity index (χ2v) is 7.70. The van der Waals surface area contributed by atoms with Crippen molar-refractivity contribution in [1.29, 1.82) is 0 Å². The topological polar surface area (TPSA) is 120 Å². The zero-order valence-electron chi connectivity index (χ0n) is 17.3. The van der Waals surface area contributed by atoms with Gasteiger partial charge in [-0.1, -0.05) is 11.6 Å². The molecule has 4 N–H and O–H groups in total. The number of hydrogen-bond donors (Lipinski definition) is 3. The first-order chi connectivity index (χ1) is 14.9. The van der Waals surface area contributed by atoms with Crippen LogP contribution in [0.2, 0.25) is 5.02 Å². The summed E-state index contributed by atoms with van der Waals surface area (Å²) in [5.74, 6) is -0.330. The molecule has 2 aromatic heterocycles. The summed E-state index contributed by atoms with van der Waals surface area (Å²) < 4.78 is 6.83. The van der Waals surface area contributed by atoms with Crippen molar-refractivity contribution in [1.82, 2.24) is 19.7 Å². The van der Waals surface area contributed by atoms with Gasteiger partial charge in [0.25, 0.3) is 5.91 Å². The van der Waals surface area contributed by atoms with Gasteiger partial charge in [0.2, 0.25) is 0 Å². The Morgan fingerprint density at radius 3 is 2.87 bits per heavy atom. The summed E-state index contributed by atoms with van der Waals surface area (Å²) in [4.78, 5) is 21.7. The number of carbonyl (C=O) groups is 1. The molecule has 0 bridgehead atoms. The van der Waals surface area contributed by atoms with E-state index in [1.54, 1.807) is 23.0 Å². The summed E-state index contributed by atoms with van der Waals surface area (Å²) >= 11 is 6.34. The van der Waals surface area contributed by atoms with E-state index in [-0.39, 0.29) is 18.0 Å². The van der Waals surface area contributed by atoms with Gasteiger partial charge in [-0.15, -0.1) is 0 Å². The van der Waals surface area contributed by atoms with Crippen LogP contribution in [0, 0.1) is 0 Å². The SMILES string of the molecule is COc1ncc2c(NC[C@H](C)N)ccc(C(=O)Nc3cc(Cl)c4nn(C)cc4c3)c2n1. The second-order valence-electron chi connectivity index (χ2n) is 7.29. The summed E-state index contributed by atoms with van der Waals surface area (Å²) in [5, 5.41) is 12.5. The van der Waals surface area contributed by atoms with Crippen LogP contribution in [0.25, 0.3) is 21.8 Å². The number of ether oxygens (including phenoxy) is 1. The van der Waals surface area contributed by atoms with Crippen molar-refractivity contribution in [3.8, 4) is 6.01 Å². The number of nitrogens with one attached hydrogen (secondary N) is 2. The Balaban J connectivity index is 1.72. The van der Waals surface area contributed by atoms with Gasteiger partial charge in [-0.25, -0.2) is 4.98 Å². The molecule has 1 atom stereocenters. The largest absolute Gasteiger partial charge is 0.467 e. The van der Waals surface area contributed by atoms with Crippen LogP contribution in [0.4, 0.5) is 11.4 Å². The van der Waals surface area contributed by atoms with E-state index in [9.17, 15) is 4.79 Å². The Morgan fingerprint density at radius 2 is 2.13 bits per heavy atom. The van der Waals surface area contributed by atoms with Crippen molar-refractivity contribution < 1.29 is 9.53 Å². The number of amides is 1. The van der Waals surface area contributed by atoms with Crippen LogP contribution in [0.5, 0.6) is 6.01 Å². The highest BCUT2D eigenvalue weighted by atomic mass is 35.5. The lowest BCUT2D eigenvalue weighted by atomic mass is 10.1. The molecule has 4 aromatic rings. The number of halogens is 1. The number of benzene rings is 2. The third-order valence-electron chi connectivity index (χ3n) is 4.70. The fourth-order valence-corrected chi connectivity index (χ4v) is 3.56. The molecule has 0 radical (unpaired) electrons. The number of rotatable bonds is 6. The molecule has 0 aliphatic rings. The Bertz CT molecular complexity index is 1290. The van der Waals surface area contributed by atoms with Crippen molar-refractivity contribution >= 4 is 50.7 Å². The Hall–Kier alpha value is -3.43. The minimum Gasteiger partial charge on any atom is -0.467 e. The first-order valence-electron chi connectivity index (χ1n) is 9.63. The fraction of sp³-hybridized carbons (Fsp3) is 0.238. The lowest BCUT2D eigenvalue weighted by Crippen LogP contribution is -2.25. The summed E-state index contributed by atoms with van der Waals surface area (Å²) in [7, 11) is 3.29. The van der Waals surface area contributed by atoms with Crippen molar-refractivity contribution in [2.45, 2.75) is 13.0 Å². The molecule has 10 heteroatoms. The lowest BCUT2D eigenvalue weighted by molar-refractivity contribution is 0.102. The quantitative estimate of drug-likeness (QED) is 0.422. The van der Waals surface area contributed by atoms with Gasteiger partial charge in [-0.2, -0.15) is 10.1 Å². The zero-order valence-corrected chi connectivity index (χ0v) is 18.1. The van der Waals surface area contributed by atoms with E-state index in [1.165, 1.54) is 7.11 Å². The van der Waals surface area contributed by atoms with Crippen LogP contribution in [0.1, 0.15) is 17.3 Å². The number of fused-ring (bicyclic) bond motifs is 2. The molecule has 0 saturated carbocycles. The molecule has 0 fully saturated rings. The number of hydrogen-bond acceptors (Lipinski definition) is 7. The van der Waals surface area contributed by atoms with Gasteiger partial charge in [0.1, 0.15) is 5.52 Å². The molecular weight excluding hydrogens is 418 g/mol. The number of methoxy groups -OCH3 is 1. The molecule has 2 aromatic carbocycles. The maximum Gasteiger partial charge on any atom is 0.316 e. The number of aromatic nitrogens is 4. The summed E-state index contributed by atoms with van der Waals surface area (Å²) in [6.45, 7) is 2.47. The molecule has 31 heavy (non-hydrogen) atoms. The first-order valence-corrected chi connectivity index (χ1v) is 10.0. The van der Waals surface area contributed by atoms with Crippen molar-refractivity contribution in [3.05, 3.63) is 47.2 Å². The maximum absolute atomic E-state index is 13.1. The van der Waals surface area contributed by atoms with Gasteiger partial charge in [0.15, 0.2) is 0 Å². The second kappa shape index (κ2) is 8.37. The Labute approximate surface area is 183 Å². The smallest absolute Gasteiger partial charge is 0.316 e. The molecular formula is C21H22ClN7O2. The van der Waals surface area contributed by atoms with Crippen LogP contribution in [-0.2, 0) is 7.05 Å². The highest BCUT2D eigenvalue weighted by Gasteiger charge is 2.17. The van der Waals surface area contributed by atoms with Gasteiger partial charge >= 0.3 is 6.01 Å². The van der Waals surface area contributed by atoms with Gasteiger partial charge in [0, 0.05) is 54.2 Å². The van der Waals surface area contributed by atoms with Gasteiger partial charge in [-0.05, 0) is 31.2 Å². The number of carbonyl (C=O) groups excluding carboxylic acids is 1. The molecule has 9 nitrogen and oxygen atoms in total. The van der Waals surface area contributed by atoms with Gasteiger partial charge in [0.05, 0.1) is 23.2 Å². The van der Waals surface area contributed by atoms with Gasteiger partial charge < -0.3 is 21.1 Å². The zero-order chi connectivity index (χ0) is 22.1. The van der Waals surface area contributed by atoms with Crippen molar-refractivity contribution in [3.63, 3.8) is 0 Å². The Morgan fingerprint density at radius 1 is 1.32 bits per heavy atom. The van der Waals surface area contributed by atoms with Gasteiger partial charge in [-0.3, -0.25) is 9.48 Å². The van der Waals surface area contributed by atoms with Crippen LogP contribution in [0.15, 0.2) is 36.7 Å². The third-order valence-corrected chi connectivity index (χ3v) is 4.99. The number of nitrogens with zero attached hydrogens (tertiary/aromatic N) is 4. The number of nitrogens with two attached hydrogens (primary N) is 1. The molecule has 0 aliphatic heterocycles. The number of anilines is 2. The molecule has 160 valence electrons. The lowest BCUT2D eigenvalue weighted by Gasteiger charge is -2.14. The van der Waals surface area contributed by atoms with Crippen molar-refractivity contribution in [2.24, 2.45) is 12.8 Å². The van der Waals surface area contributed by atoms with Crippen LogP contribution in [-0.4, -0.2) is 45.4 Å². The molecule has 0 aliphatic carbocycles. The van der Waals surface area contributed by atoms with E-state index in [0.29, 0.717) is 39.2 Å². The molecule has 1 amide bonds. The summed E-state index contributed by atoms with van der Waals surface area (Å²) in [6.07, 6.45) is 3.46. The molecule has 0 spiro atoms. The molecule has 4 rings (SSSR count). The highest BCUT2D eigenvalue weighted by Crippen LogP contribution is 2.29. The van der Waals surface area contributed by atoms with E-state index in [2.05, 4.69) is 25.7 Å². The highest BCUT2D eigenvalue weighted by molar-refractivity contribution is 6.35. The van der Waals surface area contributed by atoms with Crippen LogP contribution < -0.4 is 21.1 Å². The molecule has 0 saturated heterocycles. The van der Waals surface area contributed by atoms with Crippen LogP contribution >= 0.6 is 11.6 Å². The average Bonchev–Trinajstić information content (AvgIpc) is 3.12. The minimum atomic E-state index is -0.330. The average molecular weight is 440 g/mol.